The molecule has 0 aromatic carbocycles. The normalized spacial score (nSPS) is 18.0. The molecule has 6 nitrogen and oxygen atoms in total. The summed E-state index contributed by atoms with van der Waals surface area (Å²) in [6, 6.07) is 0. The van der Waals surface area contributed by atoms with E-state index in [-0.39, 0.29) is 43.4 Å². The molecule has 0 aromatic heterocycles. The molecule has 0 aliphatic carbocycles. The van der Waals surface area contributed by atoms with E-state index in [9.17, 15) is 9.59 Å². The lowest BCUT2D eigenvalue weighted by Gasteiger charge is -2.12. The standard InChI is InChI=1S/C11H21N3O3.ClH/c1-14(2)11(16)8-13-10(15)7-12-6-9-4-3-5-17-9;/h9,12H,3-8H2,1-2H3,(H,13,15);1H. The van der Waals surface area contributed by atoms with Gasteiger partial charge in [-0.2, -0.15) is 0 Å². The molecule has 0 aromatic rings. The van der Waals surface area contributed by atoms with Crippen molar-refractivity contribution < 1.29 is 14.3 Å². The van der Waals surface area contributed by atoms with Gasteiger partial charge in [0.05, 0.1) is 19.2 Å². The Balaban J connectivity index is 0.00000289. The molecule has 1 saturated heterocycles. The fraction of sp³-hybridized carbons (Fsp3) is 0.818. The summed E-state index contributed by atoms with van der Waals surface area (Å²) >= 11 is 0. The first-order valence-electron chi connectivity index (χ1n) is 5.88. The zero-order chi connectivity index (χ0) is 12.7. The number of rotatable bonds is 6. The maximum atomic E-state index is 11.4. The Morgan fingerprint density at radius 3 is 2.61 bits per heavy atom. The van der Waals surface area contributed by atoms with Gasteiger partial charge in [-0.25, -0.2) is 0 Å². The largest absolute Gasteiger partial charge is 0.377 e. The van der Waals surface area contributed by atoms with Gasteiger partial charge in [-0.3, -0.25) is 9.59 Å². The van der Waals surface area contributed by atoms with E-state index in [0.29, 0.717) is 6.54 Å². The Morgan fingerprint density at radius 1 is 1.33 bits per heavy atom. The molecule has 2 amide bonds. The summed E-state index contributed by atoms with van der Waals surface area (Å²) in [5, 5.41) is 5.57. The van der Waals surface area contributed by atoms with Crippen molar-refractivity contribution in [2.75, 3.05) is 40.3 Å². The third-order valence-corrected chi connectivity index (χ3v) is 2.62. The van der Waals surface area contributed by atoms with Crippen molar-refractivity contribution in [3.63, 3.8) is 0 Å². The molecular formula is C11H22ClN3O3. The van der Waals surface area contributed by atoms with Crippen LogP contribution in [-0.4, -0.2) is 63.2 Å². The molecule has 0 saturated carbocycles. The molecule has 1 rings (SSSR count). The summed E-state index contributed by atoms with van der Waals surface area (Å²) in [4.78, 5) is 24.0. The summed E-state index contributed by atoms with van der Waals surface area (Å²) in [5.74, 6) is -0.282. The monoisotopic (exact) mass is 279 g/mol. The van der Waals surface area contributed by atoms with Gasteiger partial charge in [-0.1, -0.05) is 0 Å². The van der Waals surface area contributed by atoms with Crippen LogP contribution in [0.25, 0.3) is 0 Å². The van der Waals surface area contributed by atoms with E-state index < -0.39 is 0 Å². The van der Waals surface area contributed by atoms with Gasteiger partial charge in [0.2, 0.25) is 11.8 Å². The summed E-state index contributed by atoms with van der Waals surface area (Å²) in [7, 11) is 3.31. The minimum absolute atomic E-state index is 0. The summed E-state index contributed by atoms with van der Waals surface area (Å²) < 4.78 is 5.41. The maximum Gasteiger partial charge on any atom is 0.241 e. The predicted molar refractivity (Wildman–Crippen MR) is 70.8 cm³/mol. The van der Waals surface area contributed by atoms with Crippen LogP contribution in [-0.2, 0) is 14.3 Å². The van der Waals surface area contributed by atoms with E-state index >= 15 is 0 Å². The van der Waals surface area contributed by atoms with Crippen LogP contribution in [0.1, 0.15) is 12.8 Å². The molecule has 0 spiro atoms. The van der Waals surface area contributed by atoms with Crippen LogP contribution in [0.15, 0.2) is 0 Å². The molecule has 0 bridgehead atoms. The first-order valence-corrected chi connectivity index (χ1v) is 5.88. The van der Waals surface area contributed by atoms with Crippen LogP contribution in [0, 0.1) is 0 Å². The number of nitrogens with zero attached hydrogens (tertiary/aromatic N) is 1. The molecule has 106 valence electrons. The van der Waals surface area contributed by atoms with Crippen molar-refractivity contribution in [3.8, 4) is 0 Å². The van der Waals surface area contributed by atoms with Crippen molar-refractivity contribution in [1.82, 2.24) is 15.5 Å². The van der Waals surface area contributed by atoms with Crippen molar-refractivity contribution >= 4 is 24.2 Å². The van der Waals surface area contributed by atoms with Crippen LogP contribution >= 0.6 is 12.4 Å². The first-order chi connectivity index (χ1) is 8.09. The van der Waals surface area contributed by atoms with Crippen LogP contribution in [0.2, 0.25) is 0 Å². The number of carbonyl (C=O) groups is 2. The van der Waals surface area contributed by atoms with Gasteiger partial charge in [0.1, 0.15) is 0 Å². The molecule has 7 heteroatoms. The smallest absolute Gasteiger partial charge is 0.241 e. The van der Waals surface area contributed by atoms with Crippen molar-refractivity contribution in [1.29, 1.82) is 0 Å². The quantitative estimate of drug-likeness (QED) is 0.680. The van der Waals surface area contributed by atoms with E-state index in [4.69, 9.17) is 4.74 Å². The van der Waals surface area contributed by atoms with Crippen molar-refractivity contribution in [2.45, 2.75) is 18.9 Å². The number of amides is 2. The molecule has 1 unspecified atom stereocenters. The van der Waals surface area contributed by atoms with Gasteiger partial charge in [0.15, 0.2) is 0 Å². The van der Waals surface area contributed by atoms with Gasteiger partial charge >= 0.3 is 0 Å². The second-order valence-corrected chi connectivity index (χ2v) is 4.33. The van der Waals surface area contributed by atoms with Gasteiger partial charge < -0.3 is 20.3 Å². The van der Waals surface area contributed by atoms with Crippen molar-refractivity contribution in [3.05, 3.63) is 0 Å². The number of hydrogen-bond donors (Lipinski definition) is 2. The fourth-order valence-corrected chi connectivity index (χ4v) is 1.55. The molecule has 1 aliphatic heterocycles. The predicted octanol–water partition coefficient (Wildman–Crippen LogP) is -0.619. The highest BCUT2D eigenvalue weighted by atomic mass is 35.5. The number of hydrogen-bond acceptors (Lipinski definition) is 4. The second-order valence-electron chi connectivity index (χ2n) is 4.33. The second kappa shape index (κ2) is 9.13. The number of carbonyl (C=O) groups excluding carboxylic acids is 2. The Morgan fingerprint density at radius 2 is 2.06 bits per heavy atom. The Labute approximate surface area is 114 Å². The van der Waals surface area contributed by atoms with Gasteiger partial charge in [-0.15, -0.1) is 12.4 Å². The minimum atomic E-state index is -0.168. The summed E-state index contributed by atoms with van der Waals surface area (Å²) in [6.07, 6.45) is 2.37. The van der Waals surface area contributed by atoms with E-state index in [2.05, 4.69) is 10.6 Å². The average molecular weight is 280 g/mol. The lowest BCUT2D eigenvalue weighted by atomic mass is 10.2. The zero-order valence-electron chi connectivity index (χ0n) is 10.9. The van der Waals surface area contributed by atoms with E-state index in [1.807, 2.05) is 0 Å². The molecule has 1 aliphatic rings. The zero-order valence-corrected chi connectivity index (χ0v) is 11.7. The molecule has 2 N–H and O–H groups in total. The summed E-state index contributed by atoms with van der Waals surface area (Å²) in [6.45, 7) is 1.78. The third-order valence-electron chi connectivity index (χ3n) is 2.62. The molecular weight excluding hydrogens is 258 g/mol. The van der Waals surface area contributed by atoms with Gasteiger partial charge in [-0.05, 0) is 12.8 Å². The molecule has 18 heavy (non-hydrogen) atoms. The topological polar surface area (TPSA) is 70.7 Å². The Bertz CT molecular complexity index is 268. The molecule has 1 heterocycles. The van der Waals surface area contributed by atoms with Crippen LogP contribution < -0.4 is 10.6 Å². The van der Waals surface area contributed by atoms with Gasteiger partial charge in [0.25, 0.3) is 0 Å². The Kier molecular flexibility index (Phi) is 8.70. The molecule has 1 fully saturated rings. The highest BCUT2D eigenvalue weighted by molar-refractivity contribution is 5.85. The van der Waals surface area contributed by atoms with Crippen LogP contribution in [0.3, 0.4) is 0 Å². The van der Waals surface area contributed by atoms with E-state index in [0.717, 1.165) is 19.4 Å². The van der Waals surface area contributed by atoms with E-state index in [1.54, 1.807) is 14.1 Å². The third kappa shape index (κ3) is 6.78. The Hall–Kier alpha value is -0.850. The SMILES string of the molecule is CN(C)C(=O)CNC(=O)CNCC1CCCO1.Cl. The fourth-order valence-electron chi connectivity index (χ4n) is 1.55. The average Bonchev–Trinajstić information content (AvgIpc) is 2.78. The number of halogens is 1. The highest BCUT2D eigenvalue weighted by Crippen LogP contribution is 2.10. The van der Waals surface area contributed by atoms with Crippen LogP contribution in [0.5, 0.6) is 0 Å². The molecule has 1 atom stereocenters. The minimum Gasteiger partial charge on any atom is -0.377 e. The highest BCUT2D eigenvalue weighted by Gasteiger charge is 2.15. The first kappa shape index (κ1) is 17.2. The summed E-state index contributed by atoms with van der Waals surface area (Å²) in [5.41, 5.74) is 0. The molecule has 0 radical (unpaired) electrons. The number of ether oxygens (including phenoxy) is 1. The van der Waals surface area contributed by atoms with Gasteiger partial charge in [0, 0.05) is 27.2 Å². The van der Waals surface area contributed by atoms with Crippen LogP contribution in [0.4, 0.5) is 0 Å². The van der Waals surface area contributed by atoms with E-state index in [1.165, 1.54) is 4.90 Å². The lowest BCUT2D eigenvalue weighted by Crippen LogP contribution is -2.41. The lowest BCUT2D eigenvalue weighted by molar-refractivity contribution is -0.130. The van der Waals surface area contributed by atoms with Crippen molar-refractivity contribution in [2.24, 2.45) is 0 Å². The maximum absolute atomic E-state index is 11.4. The number of nitrogens with one attached hydrogen (secondary N) is 2. The number of likely N-dealkylation sites (N-methyl/N-ethyl adjacent to an activating group) is 1.